The standard InChI is InChI=1S/C23H35Cl3IN3OS/c1-2-3-4-5-6-7-8-9-10-11-12-13-20(31)29-21(23(24,25)26)30-22(32)28-19-16-14-18(27)15-17-19/h14-17,21H,2-13H2,1H3,(H,29,31)(H2,28,30,32)/t21-/m1/s1. The first kappa shape index (κ1) is 30.0. The van der Waals surface area contributed by atoms with Crippen LogP contribution in [0.4, 0.5) is 5.69 Å². The van der Waals surface area contributed by atoms with Gasteiger partial charge in [-0.1, -0.05) is 106 Å². The lowest BCUT2D eigenvalue weighted by Gasteiger charge is -2.27. The van der Waals surface area contributed by atoms with E-state index in [1.807, 2.05) is 24.3 Å². The number of benzene rings is 1. The molecule has 1 amide bonds. The summed E-state index contributed by atoms with van der Waals surface area (Å²) in [5.41, 5.74) is 0.804. The van der Waals surface area contributed by atoms with Crippen molar-refractivity contribution in [3.8, 4) is 0 Å². The molecule has 0 unspecified atom stereocenters. The number of nitrogens with one attached hydrogen (secondary N) is 3. The van der Waals surface area contributed by atoms with E-state index in [1.165, 1.54) is 51.4 Å². The summed E-state index contributed by atoms with van der Waals surface area (Å²) >= 11 is 25.7. The zero-order valence-electron chi connectivity index (χ0n) is 18.7. The van der Waals surface area contributed by atoms with Gasteiger partial charge in [-0.25, -0.2) is 0 Å². The average Bonchev–Trinajstić information content (AvgIpc) is 2.72. The molecule has 9 heteroatoms. The van der Waals surface area contributed by atoms with Crippen molar-refractivity contribution in [3.63, 3.8) is 0 Å². The molecule has 0 saturated heterocycles. The fourth-order valence-electron chi connectivity index (χ4n) is 3.21. The molecular weight excluding hydrogens is 600 g/mol. The molecule has 0 saturated carbocycles. The summed E-state index contributed by atoms with van der Waals surface area (Å²) in [6.45, 7) is 2.24. The van der Waals surface area contributed by atoms with Crippen LogP contribution in [0.5, 0.6) is 0 Å². The fraction of sp³-hybridized carbons (Fsp3) is 0.652. The molecule has 1 atom stereocenters. The molecule has 3 N–H and O–H groups in total. The molecule has 32 heavy (non-hydrogen) atoms. The largest absolute Gasteiger partial charge is 0.339 e. The quantitative estimate of drug-likeness (QED) is 0.0600. The van der Waals surface area contributed by atoms with Crippen molar-refractivity contribution in [1.29, 1.82) is 0 Å². The van der Waals surface area contributed by atoms with Crippen LogP contribution in [0, 0.1) is 3.57 Å². The second-order valence-corrected chi connectivity index (χ2v) is 12.0. The fourth-order valence-corrected chi connectivity index (χ4v) is 4.14. The summed E-state index contributed by atoms with van der Waals surface area (Å²) in [6, 6.07) is 7.69. The van der Waals surface area contributed by atoms with E-state index in [0.29, 0.717) is 6.42 Å². The molecule has 0 spiro atoms. The Bertz CT molecular complexity index is 671. The highest BCUT2D eigenvalue weighted by Gasteiger charge is 2.34. The topological polar surface area (TPSA) is 53.2 Å². The minimum Gasteiger partial charge on any atom is -0.339 e. The van der Waals surface area contributed by atoms with Gasteiger partial charge in [0.2, 0.25) is 9.70 Å². The van der Waals surface area contributed by atoms with Gasteiger partial charge in [-0.3, -0.25) is 4.79 Å². The monoisotopic (exact) mass is 633 g/mol. The predicted octanol–water partition coefficient (Wildman–Crippen LogP) is 8.09. The third-order valence-electron chi connectivity index (χ3n) is 5.02. The number of unbranched alkanes of at least 4 members (excludes halogenated alkanes) is 10. The molecule has 0 aliphatic heterocycles. The highest BCUT2D eigenvalue weighted by Crippen LogP contribution is 2.29. The highest BCUT2D eigenvalue weighted by atomic mass is 127. The number of rotatable bonds is 15. The van der Waals surface area contributed by atoms with Crippen molar-refractivity contribution >= 4 is 86.3 Å². The Morgan fingerprint density at radius 2 is 1.41 bits per heavy atom. The van der Waals surface area contributed by atoms with Gasteiger partial charge >= 0.3 is 0 Å². The van der Waals surface area contributed by atoms with Gasteiger partial charge in [-0.05, 0) is 65.5 Å². The van der Waals surface area contributed by atoms with E-state index in [1.54, 1.807) is 0 Å². The molecule has 1 aromatic rings. The number of carbonyl (C=O) groups is 1. The molecular formula is C23H35Cl3IN3OS. The number of alkyl halides is 3. The van der Waals surface area contributed by atoms with Crippen molar-refractivity contribution in [2.45, 2.75) is 93.9 Å². The van der Waals surface area contributed by atoms with Gasteiger partial charge in [0.25, 0.3) is 0 Å². The molecule has 0 fully saturated rings. The Balaban J connectivity index is 2.25. The van der Waals surface area contributed by atoms with Gasteiger partial charge in [0.1, 0.15) is 6.17 Å². The molecule has 4 nitrogen and oxygen atoms in total. The number of amides is 1. The van der Waals surface area contributed by atoms with Gasteiger partial charge in [0.15, 0.2) is 5.11 Å². The SMILES string of the molecule is CCCCCCCCCCCCCC(=O)N[C@H](NC(=S)Nc1ccc(I)cc1)C(Cl)(Cl)Cl. The van der Waals surface area contributed by atoms with Crippen LogP contribution in [0.3, 0.4) is 0 Å². The van der Waals surface area contributed by atoms with Crippen LogP contribution in [0.2, 0.25) is 0 Å². The lowest BCUT2D eigenvalue weighted by Crippen LogP contribution is -2.56. The number of hydrogen-bond donors (Lipinski definition) is 3. The minimum atomic E-state index is -1.75. The smallest absolute Gasteiger partial charge is 0.228 e. The second-order valence-electron chi connectivity index (χ2n) is 7.93. The van der Waals surface area contributed by atoms with Crippen molar-refractivity contribution in [2.75, 3.05) is 5.32 Å². The molecule has 0 aromatic heterocycles. The van der Waals surface area contributed by atoms with Crippen LogP contribution in [-0.2, 0) is 4.79 Å². The summed E-state index contributed by atoms with van der Waals surface area (Å²) in [5, 5.41) is 8.92. The third kappa shape index (κ3) is 15.0. The molecule has 0 aliphatic carbocycles. The summed E-state index contributed by atoms with van der Waals surface area (Å²) in [4.78, 5) is 12.3. The molecule has 182 valence electrons. The van der Waals surface area contributed by atoms with E-state index in [2.05, 4.69) is 45.5 Å². The van der Waals surface area contributed by atoms with Crippen LogP contribution in [-0.4, -0.2) is 21.0 Å². The second kappa shape index (κ2) is 17.4. The van der Waals surface area contributed by atoms with Crippen molar-refractivity contribution in [1.82, 2.24) is 10.6 Å². The summed E-state index contributed by atoms with van der Waals surface area (Å²) in [7, 11) is 0. The minimum absolute atomic E-state index is 0.165. The molecule has 0 aliphatic rings. The summed E-state index contributed by atoms with van der Waals surface area (Å²) in [6.07, 6.45) is 13.0. The van der Waals surface area contributed by atoms with Gasteiger partial charge in [-0.15, -0.1) is 0 Å². The Morgan fingerprint density at radius 1 is 0.906 bits per heavy atom. The van der Waals surface area contributed by atoms with E-state index in [9.17, 15) is 4.79 Å². The maximum atomic E-state index is 12.3. The predicted molar refractivity (Wildman–Crippen MR) is 152 cm³/mol. The Kier molecular flexibility index (Phi) is 16.3. The number of halogens is 4. The summed E-state index contributed by atoms with van der Waals surface area (Å²) in [5.74, 6) is -0.165. The Labute approximate surface area is 227 Å². The zero-order chi connectivity index (χ0) is 23.8. The molecule has 0 radical (unpaired) electrons. The zero-order valence-corrected chi connectivity index (χ0v) is 23.9. The van der Waals surface area contributed by atoms with E-state index in [-0.39, 0.29) is 11.0 Å². The first-order chi connectivity index (χ1) is 15.2. The van der Waals surface area contributed by atoms with Crippen LogP contribution in [0.25, 0.3) is 0 Å². The van der Waals surface area contributed by atoms with Crippen LogP contribution < -0.4 is 16.0 Å². The molecule has 0 heterocycles. The van der Waals surface area contributed by atoms with E-state index in [4.69, 9.17) is 47.0 Å². The number of carbonyl (C=O) groups excluding carboxylic acids is 1. The van der Waals surface area contributed by atoms with Crippen molar-refractivity contribution in [2.24, 2.45) is 0 Å². The van der Waals surface area contributed by atoms with Gasteiger partial charge in [-0.2, -0.15) is 0 Å². The number of anilines is 1. The van der Waals surface area contributed by atoms with Crippen molar-refractivity contribution in [3.05, 3.63) is 27.8 Å². The van der Waals surface area contributed by atoms with Gasteiger partial charge < -0.3 is 16.0 Å². The third-order valence-corrected chi connectivity index (χ3v) is 6.61. The normalized spacial score (nSPS) is 12.3. The Hall–Kier alpha value is -0.0200. The van der Waals surface area contributed by atoms with Crippen LogP contribution in [0.1, 0.15) is 84.0 Å². The van der Waals surface area contributed by atoms with E-state index in [0.717, 1.165) is 28.5 Å². The number of hydrogen-bond acceptors (Lipinski definition) is 2. The van der Waals surface area contributed by atoms with Crippen LogP contribution in [0.15, 0.2) is 24.3 Å². The maximum absolute atomic E-state index is 12.3. The summed E-state index contributed by atoms with van der Waals surface area (Å²) < 4.78 is -0.634. The van der Waals surface area contributed by atoms with E-state index < -0.39 is 9.96 Å². The molecule has 1 aromatic carbocycles. The molecule has 0 bridgehead atoms. The van der Waals surface area contributed by atoms with Gasteiger partial charge in [0, 0.05) is 15.7 Å². The van der Waals surface area contributed by atoms with Crippen LogP contribution >= 0.6 is 69.6 Å². The molecule has 1 rings (SSSR count). The maximum Gasteiger partial charge on any atom is 0.228 e. The van der Waals surface area contributed by atoms with Gasteiger partial charge in [0.05, 0.1) is 0 Å². The van der Waals surface area contributed by atoms with E-state index >= 15 is 0 Å². The number of thiocarbonyl (C=S) groups is 1. The van der Waals surface area contributed by atoms with Crippen molar-refractivity contribution < 1.29 is 4.79 Å². The first-order valence-electron chi connectivity index (χ1n) is 11.4. The highest BCUT2D eigenvalue weighted by molar-refractivity contribution is 14.1. The lowest BCUT2D eigenvalue weighted by molar-refractivity contribution is -0.122. The first-order valence-corrected chi connectivity index (χ1v) is 14.0. The lowest BCUT2D eigenvalue weighted by atomic mass is 10.1. The Morgan fingerprint density at radius 3 is 1.91 bits per heavy atom. The average molecular weight is 635 g/mol.